The number of anilines is 1. The lowest BCUT2D eigenvalue weighted by Gasteiger charge is -2.19. The molecule has 3 rings (SSSR count). The summed E-state index contributed by atoms with van der Waals surface area (Å²) in [5.74, 6) is 1.13. The topological polar surface area (TPSA) is 113 Å². The van der Waals surface area contributed by atoms with Gasteiger partial charge in [-0.25, -0.2) is 9.97 Å². The molecule has 30 heavy (non-hydrogen) atoms. The lowest BCUT2D eigenvalue weighted by Crippen LogP contribution is -2.24. The van der Waals surface area contributed by atoms with Crippen LogP contribution in [0.4, 0.5) is 5.82 Å². The summed E-state index contributed by atoms with van der Waals surface area (Å²) in [5.41, 5.74) is 7.63. The second-order valence-electron chi connectivity index (χ2n) is 8.12. The highest BCUT2D eigenvalue weighted by atomic mass is 16.6. The highest BCUT2D eigenvalue weighted by Gasteiger charge is 2.20. The Kier molecular flexibility index (Phi) is 5.78. The highest BCUT2D eigenvalue weighted by Crippen LogP contribution is 2.31. The monoisotopic (exact) mass is 410 g/mol. The van der Waals surface area contributed by atoms with Gasteiger partial charge < -0.3 is 19.5 Å². The third-order valence-electron chi connectivity index (χ3n) is 4.32. The van der Waals surface area contributed by atoms with Gasteiger partial charge in [0.05, 0.1) is 12.1 Å². The van der Waals surface area contributed by atoms with Crippen molar-refractivity contribution in [3.63, 3.8) is 0 Å². The van der Waals surface area contributed by atoms with Crippen molar-refractivity contribution in [3.05, 3.63) is 52.3 Å². The van der Waals surface area contributed by atoms with Crippen LogP contribution in [0.5, 0.6) is 0 Å². The molecule has 3 aromatic rings. The summed E-state index contributed by atoms with van der Waals surface area (Å²) in [4.78, 5) is 33.1. The molecule has 0 aliphatic carbocycles. The molecule has 0 aliphatic rings. The lowest BCUT2D eigenvalue weighted by molar-refractivity contribution is -0.154. The van der Waals surface area contributed by atoms with Crippen LogP contribution in [0.1, 0.15) is 38.6 Å². The molecule has 8 heteroatoms. The number of nitrogen functional groups attached to an aromatic ring is 1. The van der Waals surface area contributed by atoms with Crippen LogP contribution in [0, 0.1) is 6.92 Å². The summed E-state index contributed by atoms with van der Waals surface area (Å²) in [5, 5.41) is 0. The van der Waals surface area contributed by atoms with E-state index in [1.54, 1.807) is 25.4 Å². The SMILES string of the molecule is Cc1ccc(-c2nc(N)c(CCC(=O)OC(C)(C)C)nc2-c2ccc(=O)n(C)c2)o1. The molecule has 8 nitrogen and oxygen atoms in total. The van der Waals surface area contributed by atoms with E-state index in [1.807, 2.05) is 33.8 Å². The zero-order valence-electron chi connectivity index (χ0n) is 17.9. The van der Waals surface area contributed by atoms with Crippen molar-refractivity contribution in [3.8, 4) is 22.7 Å². The van der Waals surface area contributed by atoms with Gasteiger partial charge in [0.25, 0.3) is 0 Å². The molecule has 158 valence electrons. The second-order valence-corrected chi connectivity index (χ2v) is 8.12. The third-order valence-corrected chi connectivity index (χ3v) is 4.32. The summed E-state index contributed by atoms with van der Waals surface area (Å²) in [6.45, 7) is 7.28. The van der Waals surface area contributed by atoms with Crippen LogP contribution in [0.3, 0.4) is 0 Å². The molecule has 3 aromatic heterocycles. The molecule has 0 aromatic carbocycles. The van der Waals surface area contributed by atoms with E-state index in [1.165, 1.54) is 10.6 Å². The number of aromatic nitrogens is 3. The molecular formula is C22H26N4O4. The minimum Gasteiger partial charge on any atom is -0.460 e. The Morgan fingerprint density at radius 3 is 2.50 bits per heavy atom. The van der Waals surface area contributed by atoms with Crippen LogP contribution >= 0.6 is 0 Å². The van der Waals surface area contributed by atoms with E-state index >= 15 is 0 Å². The van der Waals surface area contributed by atoms with Crippen molar-refractivity contribution in [2.24, 2.45) is 7.05 Å². The first-order valence-corrected chi connectivity index (χ1v) is 9.65. The van der Waals surface area contributed by atoms with E-state index in [2.05, 4.69) is 4.98 Å². The van der Waals surface area contributed by atoms with Crippen LogP contribution in [0.2, 0.25) is 0 Å². The molecule has 0 radical (unpaired) electrons. The Hall–Kier alpha value is -3.42. The fourth-order valence-corrected chi connectivity index (χ4v) is 2.95. The van der Waals surface area contributed by atoms with Gasteiger partial charge in [-0.15, -0.1) is 0 Å². The van der Waals surface area contributed by atoms with E-state index in [0.29, 0.717) is 28.4 Å². The summed E-state index contributed by atoms with van der Waals surface area (Å²) in [6, 6.07) is 6.77. The van der Waals surface area contributed by atoms with Crippen molar-refractivity contribution in [1.29, 1.82) is 0 Å². The molecule has 0 fully saturated rings. The van der Waals surface area contributed by atoms with Crippen LogP contribution in [-0.2, 0) is 23.0 Å². The predicted octanol–water partition coefficient (Wildman–Crippen LogP) is 3.27. The maximum Gasteiger partial charge on any atom is 0.306 e. The molecule has 0 saturated heterocycles. The molecule has 0 bridgehead atoms. The van der Waals surface area contributed by atoms with Crippen molar-refractivity contribution >= 4 is 11.8 Å². The first-order chi connectivity index (χ1) is 14.0. The average molecular weight is 410 g/mol. The zero-order chi connectivity index (χ0) is 22.1. The molecule has 2 N–H and O–H groups in total. The fraction of sp³-hybridized carbons (Fsp3) is 0.364. The zero-order valence-corrected chi connectivity index (χ0v) is 17.9. The van der Waals surface area contributed by atoms with Gasteiger partial charge in [0.2, 0.25) is 5.56 Å². The Morgan fingerprint density at radius 1 is 1.17 bits per heavy atom. The molecule has 0 saturated carbocycles. The van der Waals surface area contributed by atoms with Gasteiger partial charge in [-0.05, 0) is 45.9 Å². The summed E-state index contributed by atoms with van der Waals surface area (Å²) in [7, 11) is 1.66. The third kappa shape index (κ3) is 4.94. The molecule has 0 atom stereocenters. The predicted molar refractivity (Wildman–Crippen MR) is 114 cm³/mol. The smallest absolute Gasteiger partial charge is 0.306 e. The van der Waals surface area contributed by atoms with Crippen LogP contribution < -0.4 is 11.3 Å². The highest BCUT2D eigenvalue weighted by molar-refractivity contribution is 5.77. The Morgan fingerprint density at radius 2 is 1.90 bits per heavy atom. The Labute approximate surface area is 174 Å². The van der Waals surface area contributed by atoms with Gasteiger partial charge in [-0.3, -0.25) is 9.59 Å². The fourth-order valence-electron chi connectivity index (χ4n) is 2.95. The minimum atomic E-state index is -0.560. The second kappa shape index (κ2) is 8.14. The number of esters is 1. The molecule has 0 spiro atoms. The first kappa shape index (κ1) is 21.3. The normalized spacial score (nSPS) is 11.5. The molecular weight excluding hydrogens is 384 g/mol. The van der Waals surface area contributed by atoms with Crippen molar-refractivity contribution in [2.45, 2.75) is 46.1 Å². The van der Waals surface area contributed by atoms with Gasteiger partial charge in [0.1, 0.15) is 28.6 Å². The van der Waals surface area contributed by atoms with E-state index < -0.39 is 5.60 Å². The number of furan rings is 1. The number of aryl methyl sites for hydroxylation is 3. The number of rotatable bonds is 5. The van der Waals surface area contributed by atoms with E-state index in [4.69, 9.17) is 19.9 Å². The maximum atomic E-state index is 12.1. The molecule has 3 heterocycles. The Balaban J connectivity index is 2.03. The molecule has 0 unspecified atom stereocenters. The van der Waals surface area contributed by atoms with E-state index in [0.717, 1.165) is 5.76 Å². The maximum absolute atomic E-state index is 12.1. The van der Waals surface area contributed by atoms with Crippen LogP contribution in [0.15, 0.2) is 39.7 Å². The standard InChI is InChI=1S/C22H26N4O4/c1-13-6-9-16(29-13)20-19(14-7-10-17(27)26(5)12-14)24-15(21(23)25-20)8-11-18(28)30-22(2,3)4/h6-7,9-10,12H,8,11H2,1-5H3,(H2,23,25). The van der Waals surface area contributed by atoms with Crippen molar-refractivity contribution in [2.75, 3.05) is 5.73 Å². The van der Waals surface area contributed by atoms with Gasteiger partial charge >= 0.3 is 5.97 Å². The molecule has 0 amide bonds. The average Bonchev–Trinajstić information content (AvgIpc) is 3.07. The number of hydrogen-bond acceptors (Lipinski definition) is 7. The van der Waals surface area contributed by atoms with Gasteiger partial charge in [0.15, 0.2) is 5.76 Å². The molecule has 0 aliphatic heterocycles. The summed E-state index contributed by atoms with van der Waals surface area (Å²) >= 11 is 0. The van der Waals surface area contributed by atoms with Gasteiger partial charge in [-0.1, -0.05) is 0 Å². The number of hydrogen-bond donors (Lipinski definition) is 1. The van der Waals surface area contributed by atoms with E-state index in [9.17, 15) is 9.59 Å². The lowest BCUT2D eigenvalue weighted by atomic mass is 10.1. The van der Waals surface area contributed by atoms with Gasteiger partial charge in [-0.2, -0.15) is 0 Å². The summed E-state index contributed by atoms with van der Waals surface area (Å²) in [6.07, 6.45) is 2.09. The number of pyridine rings is 1. The van der Waals surface area contributed by atoms with E-state index in [-0.39, 0.29) is 30.2 Å². The van der Waals surface area contributed by atoms with Crippen molar-refractivity contribution in [1.82, 2.24) is 14.5 Å². The van der Waals surface area contributed by atoms with Crippen LogP contribution in [0.25, 0.3) is 22.7 Å². The minimum absolute atomic E-state index is 0.127. The quantitative estimate of drug-likeness (QED) is 0.642. The number of nitrogens with two attached hydrogens (primary N) is 1. The summed E-state index contributed by atoms with van der Waals surface area (Å²) < 4.78 is 12.6. The Bertz CT molecular complexity index is 1140. The number of nitrogens with zero attached hydrogens (tertiary/aromatic N) is 3. The number of carbonyl (C=O) groups is 1. The largest absolute Gasteiger partial charge is 0.460 e. The number of carbonyl (C=O) groups excluding carboxylic acids is 1. The van der Waals surface area contributed by atoms with Crippen LogP contribution in [-0.4, -0.2) is 26.1 Å². The van der Waals surface area contributed by atoms with Gasteiger partial charge in [0, 0.05) is 31.3 Å². The van der Waals surface area contributed by atoms with Crippen molar-refractivity contribution < 1.29 is 13.9 Å². The first-order valence-electron chi connectivity index (χ1n) is 9.65. The number of ether oxygens (including phenoxy) is 1.